The van der Waals surface area contributed by atoms with Crippen molar-refractivity contribution < 1.29 is 14.4 Å². The first-order valence-corrected chi connectivity index (χ1v) is 6.44. The molecule has 0 aliphatic rings. The molecule has 1 aromatic heterocycles. The zero-order chi connectivity index (χ0) is 10.1. The minimum absolute atomic E-state index is 0.266. The molecule has 0 aromatic carbocycles. The molecule has 0 bridgehead atoms. The molecule has 0 N–H and O–H groups in total. The molecule has 0 spiro atoms. The van der Waals surface area contributed by atoms with E-state index in [4.69, 9.17) is 0 Å². The summed E-state index contributed by atoms with van der Waals surface area (Å²) in [4.78, 5) is 24.9. The van der Waals surface area contributed by atoms with E-state index in [9.17, 15) is 14.4 Å². The first-order chi connectivity index (χ1) is 5.88. The van der Waals surface area contributed by atoms with Gasteiger partial charge in [0.1, 0.15) is 0 Å². The van der Waals surface area contributed by atoms with Crippen LogP contribution in [0.4, 0.5) is 0 Å². The molecule has 74 valence electrons. The van der Waals surface area contributed by atoms with Crippen LogP contribution < -0.4 is 9.79 Å². The second-order valence-electron chi connectivity index (χ2n) is 3.09. The molecule has 0 fully saturated rings. The second-order valence-corrected chi connectivity index (χ2v) is 5.57. The van der Waals surface area contributed by atoms with Crippen LogP contribution >= 0.6 is 18.9 Å². The summed E-state index contributed by atoms with van der Waals surface area (Å²) in [6.07, 6.45) is -0.468. The van der Waals surface area contributed by atoms with Gasteiger partial charge in [0.2, 0.25) is 0 Å². The summed E-state index contributed by atoms with van der Waals surface area (Å²) in [6, 6.07) is 0. The quantitative estimate of drug-likeness (QED) is 0.700. The molecule has 1 rings (SSSR count). The summed E-state index contributed by atoms with van der Waals surface area (Å²) in [5.41, 5.74) is 0.841. The van der Waals surface area contributed by atoms with Gasteiger partial charge in [-0.05, 0) is 5.92 Å². The molecule has 1 heterocycles. The smallest absolute Gasteiger partial charge is 0.0978 e. The number of thiazole rings is 1. The third kappa shape index (κ3) is 3.56. The highest BCUT2D eigenvalue weighted by molar-refractivity contribution is 7.48. The van der Waals surface area contributed by atoms with Crippen molar-refractivity contribution in [2.45, 2.75) is 25.9 Å². The van der Waals surface area contributed by atoms with Gasteiger partial charge in [-0.25, -0.2) is 4.98 Å². The normalized spacial score (nSPS) is 12.4. The first-order valence-electron chi connectivity index (χ1n) is 3.84. The molecular formula is C7H10NO3PS-2. The van der Waals surface area contributed by atoms with E-state index < -0.39 is 13.8 Å². The van der Waals surface area contributed by atoms with Crippen molar-refractivity contribution >= 4 is 18.9 Å². The van der Waals surface area contributed by atoms with Crippen LogP contribution in [-0.4, -0.2) is 4.98 Å². The van der Waals surface area contributed by atoms with Crippen LogP contribution in [0.3, 0.4) is 0 Å². The molecule has 0 atom stereocenters. The maximum Gasteiger partial charge on any atom is 0.0978 e. The predicted molar refractivity (Wildman–Crippen MR) is 47.5 cm³/mol. The van der Waals surface area contributed by atoms with Crippen LogP contribution in [0.25, 0.3) is 0 Å². The Bertz CT molecular complexity index is 330. The fourth-order valence-electron chi connectivity index (χ4n) is 0.829. The Morgan fingerprint density at radius 1 is 1.62 bits per heavy atom. The first kappa shape index (κ1) is 10.9. The molecule has 0 saturated carbocycles. The monoisotopic (exact) mass is 219 g/mol. The molecule has 0 amide bonds. The van der Waals surface area contributed by atoms with E-state index in [0.717, 1.165) is 5.69 Å². The predicted octanol–water partition coefficient (Wildman–Crippen LogP) is 0.680. The number of hydrogen-bond donors (Lipinski definition) is 0. The SMILES string of the molecule is CC(C)c1csc(CP(=O)([O-])[O-])n1. The van der Waals surface area contributed by atoms with E-state index >= 15 is 0 Å². The molecule has 13 heavy (non-hydrogen) atoms. The van der Waals surface area contributed by atoms with Gasteiger partial charge < -0.3 is 14.4 Å². The number of aromatic nitrogens is 1. The molecule has 4 nitrogen and oxygen atoms in total. The third-order valence-corrected chi connectivity index (χ3v) is 3.26. The average Bonchev–Trinajstić information content (AvgIpc) is 2.31. The van der Waals surface area contributed by atoms with Crippen LogP contribution in [0.5, 0.6) is 0 Å². The van der Waals surface area contributed by atoms with Gasteiger partial charge in [-0.15, -0.1) is 11.3 Å². The topological polar surface area (TPSA) is 76.1 Å². The summed E-state index contributed by atoms with van der Waals surface area (Å²) in [5, 5.41) is 2.17. The Hall–Kier alpha value is -0.220. The highest BCUT2D eigenvalue weighted by Crippen LogP contribution is 2.31. The Morgan fingerprint density at radius 2 is 2.23 bits per heavy atom. The largest absolute Gasteiger partial charge is 0.810 e. The van der Waals surface area contributed by atoms with Gasteiger partial charge >= 0.3 is 0 Å². The van der Waals surface area contributed by atoms with Gasteiger partial charge in [0, 0.05) is 11.5 Å². The minimum Gasteiger partial charge on any atom is -0.810 e. The highest BCUT2D eigenvalue weighted by atomic mass is 32.1. The Labute approximate surface area is 80.8 Å². The maximum absolute atomic E-state index is 10.4. The second kappa shape index (κ2) is 3.88. The van der Waals surface area contributed by atoms with Crippen molar-refractivity contribution in [2.75, 3.05) is 0 Å². The molecule has 0 aliphatic heterocycles. The molecule has 0 unspecified atom stereocenters. The van der Waals surface area contributed by atoms with E-state index in [1.165, 1.54) is 11.3 Å². The van der Waals surface area contributed by atoms with Crippen LogP contribution in [0.1, 0.15) is 30.5 Å². The summed E-state index contributed by atoms with van der Waals surface area (Å²) >= 11 is 1.22. The molecule has 0 saturated heterocycles. The van der Waals surface area contributed by atoms with Gasteiger partial charge in [-0.2, -0.15) is 0 Å². The van der Waals surface area contributed by atoms with Crippen LogP contribution in [0.15, 0.2) is 5.38 Å². The minimum atomic E-state index is -4.46. The van der Waals surface area contributed by atoms with Gasteiger partial charge in [-0.3, -0.25) is 0 Å². The lowest BCUT2D eigenvalue weighted by Gasteiger charge is -2.27. The van der Waals surface area contributed by atoms with Crippen LogP contribution in [0.2, 0.25) is 0 Å². The van der Waals surface area contributed by atoms with Gasteiger partial charge in [-0.1, -0.05) is 21.4 Å². The van der Waals surface area contributed by atoms with E-state index in [1.54, 1.807) is 5.38 Å². The van der Waals surface area contributed by atoms with Crippen molar-refractivity contribution in [3.05, 3.63) is 16.1 Å². The van der Waals surface area contributed by atoms with Crippen molar-refractivity contribution in [1.82, 2.24) is 4.98 Å². The molecule has 0 radical (unpaired) electrons. The fourth-order valence-corrected chi connectivity index (χ4v) is 2.74. The Kier molecular flexibility index (Phi) is 3.24. The lowest BCUT2D eigenvalue weighted by atomic mass is 10.2. The summed E-state index contributed by atoms with van der Waals surface area (Å²) in [6.45, 7) is 3.93. The summed E-state index contributed by atoms with van der Waals surface area (Å²) in [7, 11) is -4.46. The standard InChI is InChI=1S/C7H12NO3PS/c1-5(2)6-4-13-7(8-6)3-12(9,10)11/h4-5H,3H2,1-2H3,(H2,9,10,11)/p-2. The third-order valence-electron chi connectivity index (χ3n) is 1.49. The van der Waals surface area contributed by atoms with Crippen molar-refractivity contribution in [3.63, 3.8) is 0 Å². The van der Waals surface area contributed by atoms with Gasteiger partial charge in [0.25, 0.3) is 0 Å². The van der Waals surface area contributed by atoms with Gasteiger partial charge in [0.15, 0.2) is 0 Å². The Morgan fingerprint density at radius 3 is 2.62 bits per heavy atom. The summed E-state index contributed by atoms with van der Waals surface area (Å²) in [5.74, 6) is 0.266. The van der Waals surface area contributed by atoms with E-state index in [2.05, 4.69) is 4.98 Å². The van der Waals surface area contributed by atoms with E-state index in [-0.39, 0.29) is 5.92 Å². The van der Waals surface area contributed by atoms with Crippen molar-refractivity contribution in [2.24, 2.45) is 0 Å². The highest BCUT2D eigenvalue weighted by Gasteiger charge is 2.06. The van der Waals surface area contributed by atoms with Crippen molar-refractivity contribution in [3.8, 4) is 0 Å². The summed E-state index contributed by atoms with van der Waals surface area (Å²) < 4.78 is 10.4. The number of nitrogens with zero attached hydrogens (tertiary/aromatic N) is 1. The maximum atomic E-state index is 10.4. The molecular weight excluding hydrogens is 209 g/mol. The van der Waals surface area contributed by atoms with E-state index in [0.29, 0.717) is 5.01 Å². The lowest BCUT2D eigenvalue weighted by molar-refractivity contribution is -0.314. The molecule has 1 aromatic rings. The van der Waals surface area contributed by atoms with E-state index in [1.807, 2.05) is 13.8 Å². The van der Waals surface area contributed by atoms with Crippen LogP contribution in [0, 0.1) is 0 Å². The fraction of sp³-hybridized carbons (Fsp3) is 0.571. The number of rotatable bonds is 3. The van der Waals surface area contributed by atoms with Crippen molar-refractivity contribution in [1.29, 1.82) is 0 Å². The number of hydrogen-bond acceptors (Lipinski definition) is 5. The molecule has 6 heteroatoms. The zero-order valence-corrected chi connectivity index (χ0v) is 9.10. The Balaban J connectivity index is 2.75. The zero-order valence-electron chi connectivity index (χ0n) is 7.39. The van der Waals surface area contributed by atoms with Crippen LogP contribution in [-0.2, 0) is 10.7 Å². The lowest BCUT2D eigenvalue weighted by Crippen LogP contribution is -2.15. The van der Waals surface area contributed by atoms with Gasteiger partial charge in [0.05, 0.1) is 10.7 Å². The average molecular weight is 219 g/mol. The molecule has 0 aliphatic carbocycles.